The van der Waals surface area contributed by atoms with Crippen LogP contribution in [0, 0.1) is 11.7 Å². The van der Waals surface area contributed by atoms with E-state index in [9.17, 15) is 12.8 Å². The second kappa shape index (κ2) is 5.76. The van der Waals surface area contributed by atoms with Gasteiger partial charge in [0, 0.05) is 16.7 Å². The molecule has 0 unspecified atom stereocenters. The maximum Gasteiger partial charge on any atom is 0.243 e. The molecule has 0 amide bonds. The molecule has 1 aromatic rings. The van der Waals surface area contributed by atoms with Gasteiger partial charge < -0.3 is 5.73 Å². The number of anilines is 1. The van der Waals surface area contributed by atoms with E-state index in [0.29, 0.717) is 16.9 Å². The van der Waals surface area contributed by atoms with Crippen molar-refractivity contribution in [3.63, 3.8) is 0 Å². The van der Waals surface area contributed by atoms with Crippen LogP contribution in [0.1, 0.15) is 25.7 Å². The second-order valence-corrected chi connectivity index (χ2v) is 7.40. The zero-order valence-corrected chi connectivity index (χ0v) is 12.7. The number of nitrogens with two attached hydrogens (primary N) is 1. The molecule has 0 bridgehead atoms. The molecule has 1 fully saturated rings. The summed E-state index contributed by atoms with van der Waals surface area (Å²) < 4.78 is 40.6. The van der Waals surface area contributed by atoms with Crippen LogP contribution >= 0.6 is 15.9 Å². The van der Waals surface area contributed by atoms with Crippen LogP contribution in [0.4, 0.5) is 10.1 Å². The number of nitrogen functional groups attached to an aromatic ring is 1. The number of hydrogen-bond acceptors (Lipinski definition) is 3. The van der Waals surface area contributed by atoms with Gasteiger partial charge in [-0.2, -0.15) is 0 Å². The highest BCUT2D eigenvalue weighted by Gasteiger charge is 2.23. The zero-order chi connectivity index (χ0) is 14.0. The van der Waals surface area contributed by atoms with E-state index in [1.165, 1.54) is 0 Å². The van der Waals surface area contributed by atoms with Gasteiger partial charge >= 0.3 is 0 Å². The molecule has 1 aliphatic carbocycles. The van der Waals surface area contributed by atoms with Gasteiger partial charge in [0.25, 0.3) is 0 Å². The minimum absolute atomic E-state index is 0.197. The van der Waals surface area contributed by atoms with Gasteiger partial charge in [0.1, 0.15) is 10.7 Å². The van der Waals surface area contributed by atoms with Crippen molar-refractivity contribution >= 4 is 31.6 Å². The molecule has 19 heavy (non-hydrogen) atoms. The van der Waals surface area contributed by atoms with E-state index in [-0.39, 0.29) is 5.69 Å². The highest BCUT2D eigenvalue weighted by molar-refractivity contribution is 9.10. The van der Waals surface area contributed by atoms with Crippen LogP contribution < -0.4 is 10.5 Å². The molecule has 1 aliphatic rings. The Hall–Kier alpha value is -0.660. The quantitative estimate of drug-likeness (QED) is 0.820. The fraction of sp³-hybridized carbons (Fsp3) is 0.500. The van der Waals surface area contributed by atoms with Gasteiger partial charge in [0.15, 0.2) is 0 Å². The molecular formula is C12H16BrFN2O2S. The molecule has 1 aromatic carbocycles. The summed E-state index contributed by atoms with van der Waals surface area (Å²) in [5.41, 5.74) is 5.80. The van der Waals surface area contributed by atoms with Crippen molar-refractivity contribution < 1.29 is 12.8 Å². The highest BCUT2D eigenvalue weighted by atomic mass is 79.9. The number of hydrogen-bond donors (Lipinski definition) is 2. The summed E-state index contributed by atoms with van der Waals surface area (Å²) in [4.78, 5) is -0.397. The van der Waals surface area contributed by atoms with E-state index in [1.54, 1.807) is 0 Å². The summed E-state index contributed by atoms with van der Waals surface area (Å²) in [6, 6.07) is 2.20. The molecule has 0 spiro atoms. The van der Waals surface area contributed by atoms with Crippen LogP contribution in [0.2, 0.25) is 0 Å². The average molecular weight is 351 g/mol. The topological polar surface area (TPSA) is 72.2 Å². The smallest absolute Gasteiger partial charge is 0.243 e. The van der Waals surface area contributed by atoms with Crippen LogP contribution in [0.3, 0.4) is 0 Å². The van der Waals surface area contributed by atoms with E-state index < -0.39 is 20.7 Å². The Bertz CT molecular complexity index is 571. The third kappa shape index (κ3) is 3.46. The van der Waals surface area contributed by atoms with Gasteiger partial charge in [-0.05, 0) is 46.8 Å². The predicted molar refractivity (Wildman–Crippen MR) is 75.7 cm³/mol. The maximum atomic E-state index is 13.7. The summed E-state index contributed by atoms with van der Waals surface area (Å²) in [5.74, 6) is -0.453. The lowest BCUT2D eigenvalue weighted by Gasteiger charge is -2.12. The van der Waals surface area contributed by atoms with Crippen molar-refractivity contribution in [1.29, 1.82) is 0 Å². The Kier molecular flexibility index (Phi) is 4.47. The van der Waals surface area contributed by atoms with Crippen LogP contribution in [-0.2, 0) is 10.0 Å². The van der Waals surface area contributed by atoms with Crippen molar-refractivity contribution in [3.8, 4) is 0 Å². The lowest BCUT2D eigenvalue weighted by molar-refractivity contribution is 0.514. The number of rotatable bonds is 4. The average Bonchev–Trinajstić information content (AvgIpc) is 2.84. The first-order valence-corrected chi connectivity index (χ1v) is 8.42. The summed E-state index contributed by atoms with van der Waals surface area (Å²) in [6.07, 6.45) is 4.30. The monoisotopic (exact) mass is 350 g/mol. The maximum absolute atomic E-state index is 13.7. The Balaban J connectivity index is 2.16. The first-order chi connectivity index (χ1) is 8.90. The standard InChI is InChI=1S/C12H16BrFN2O2S/c13-9-5-10(14)12(6-11(9)15)19(17,18)16-7-8-3-1-2-4-8/h5-6,8,16H,1-4,7,15H2. The normalized spacial score (nSPS) is 16.9. The largest absolute Gasteiger partial charge is 0.398 e. The van der Waals surface area contributed by atoms with Gasteiger partial charge in [0.2, 0.25) is 10.0 Å². The van der Waals surface area contributed by atoms with Crippen molar-refractivity contribution in [1.82, 2.24) is 4.72 Å². The Morgan fingerprint density at radius 1 is 1.37 bits per heavy atom. The number of benzene rings is 1. The van der Waals surface area contributed by atoms with E-state index >= 15 is 0 Å². The van der Waals surface area contributed by atoms with Crippen LogP contribution in [-0.4, -0.2) is 15.0 Å². The number of halogens is 2. The fourth-order valence-corrected chi connectivity index (χ4v) is 3.79. The minimum atomic E-state index is -3.84. The van der Waals surface area contributed by atoms with Gasteiger partial charge in [-0.15, -0.1) is 0 Å². The molecule has 2 rings (SSSR count). The Morgan fingerprint density at radius 3 is 2.63 bits per heavy atom. The van der Waals surface area contributed by atoms with Crippen LogP contribution in [0.5, 0.6) is 0 Å². The Morgan fingerprint density at radius 2 is 2.00 bits per heavy atom. The van der Waals surface area contributed by atoms with E-state index in [0.717, 1.165) is 37.8 Å². The first-order valence-electron chi connectivity index (χ1n) is 6.14. The summed E-state index contributed by atoms with van der Waals surface area (Å²) >= 11 is 3.06. The van der Waals surface area contributed by atoms with Crippen LogP contribution in [0.25, 0.3) is 0 Å². The molecule has 0 radical (unpaired) electrons. The molecular weight excluding hydrogens is 335 g/mol. The molecule has 0 heterocycles. The molecule has 0 aromatic heterocycles. The predicted octanol–water partition coefficient (Wildman–Crippen LogP) is 2.64. The SMILES string of the molecule is Nc1cc(S(=O)(=O)NCC2CCCC2)c(F)cc1Br. The van der Waals surface area contributed by atoms with Gasteiger partial charge in [0.05, 0.1) is 0 Å². The lowest BCUT2D eigenvalue weighted by Crippen LogP contribution is -2.29. The molecule has 106 valence electrons. The first kappa shape index (κ1) is 14.7. The van der Waals surface area contributed by atoms with Crippen molar-refractivity contribution in [2.24, 2.45) is 5.92 Å². The highest BCUT2D eigenvalue weighted by Crippen LogP contribution is 2.27. The van der Waals surface area contributed by atoms with Gasteiger partial charge in [-0.1, -0.05) is 12.8 Å². The molecule has 7 heteroatoms. The minimum Gasteiger partial charge on any atom is -0.398 e. The van der Waals surface area contributed by atoms with Crippen molar-refractivity contribution in [3.05, 3.63) is 22.4 Å². The van der Waals surface area contributed by atoms with E-state index in [1.807, 2.05) is 0 Å². The molecule has 0 aliphatic heterocycles. The van der Waals surface area contributed by atoms with E-state index in [2.05, 4.69) is 20.7 Å². The number of nitrogens with one attached hydrogen (secondary N) is 1. The van der Waals surface area contributed by atoms with E-state index in [4.69, 9.17) is 5.73 Å². The lowest BCUT2D eigenvalue weighted by atomic mass is 10.1. The Labute approximate surface area is 120 Å². The second-order valence-electron chi connectivity index (χ2n) is 4.81. The summed E-state index contributed by atoms with van der Waals surface area (Å²) in [5, 5.41) is 0. The van der Waals surface area contributed by atoms with Crippen molar-refractivity contribution in [2.45, 2.75) is 30.6 Å². The van der Waals surface area contributed by atoms with Gasteiger partial charge in [-0.25, -0.2) is 17.5 Å². The van der Waals surface area contributed by atoms with Crippen molar-refractivity contribution in [2.75, 3.05) is 12.3 Å². The summed E-state index contributed by atoms with van der Waals surface area (Å²) in [6.45, 7) is 0.359. The molecule has 4 nitrogen and oxygen atoms in total. The third-order valence-corrected chi connectivity index (χ3v) is 5.50. The molecule has 0 atom stereocenters. The third-order valence-electron chi connectivity index (χ3n) is 3.38. The zero-order valence-electron chi connectivity index (χ0n) is 10.3. The molecule has 3 N–H and O–H groups in total. The summed E-state index contributed by atoms with van der Waals surface area (Å²) in [7, 11) is -3.84. The number of sulfonamides is 1. The molecule has 1 saturated carbocycles. The fourth-order valence-electron chi connectivity index (χ4n) is 2.27. The van der Waals surface area contributed by atoms with Gasteiger partial charge in [-0.3, -0.25) is 0 Å². The van der Waals surface area contributed by atoms with Crippen LogP contribution in [0.15, 0.2) is 21.5 Å². The molecule has 0 saturated heterocycles.